The molecule has 396 valence electrons. The van der Waals surface area contributed by atoms with E-state index in [0.29, 0.717) is 5.70 Å². The Kier molecular flexibility index (Phi) is 15.3. The van der Waals surface area contributed by atoms with Crippen LogP contribution in [0.15, 0.2) is 238 Å². The maximum Gasteiger partial charge on any atom is 0.135 e. The molecule has 14 rings (SSSR count). The maximum absolute atomic E-state index is 6.91. The zero-order valence-corrected chi connectivity index (χ0v) is 47.3. The van der Waals surface area contributed by atoms with Gasteiger partial charge < -0.3 is 22.6 Å². The number of aromatic nitrogens is 2. The molecule has 0 amide bonds. The first-order chi connectivity index (χ1) is 39.1. The molecule has 7 N–H and O–H groups in total. The lowest BCUT2D eigenvalue weighted by molar-refractivity contribution is 0.737. The number of nitrogen functional groups attached to an aromatic ring is 2. The van der Waals surface area contributed by atoms with Gasteiger partial charge in [-0.3, -0.25) is 9.08 Å². The summed E-state index contributed by atoms with van der Waals surface area (Å²) in [4.78, 5) is 0. The summed E-state index contributed by atoms with van der Waals surface area (Å²) in [5, 5.41) is 14.7. The van der Waals surface area contributed by atoms with Gasteiger partial charge in [0.05, 0.1) is 27.8 Å². The summed E-state index contributed by atoms with van der Waals surface area (Å²) in [6.07, 6.45) is 23.0. The minimum absolute atomic E-state index is 0.171. The number of nitrogens with two attached hydrogens (primary N) is 3. The van der Waals surface area contributed by atoms with Crippen molar-refractivity contribution < 1.29 is 0 Å². The molecule has 0 radical (unpaired) electrons. The lowest BCUT2D eigenvalue weighted by Gasteiger charge is -2.16. The number of para-hydroxylation sites is 2. The second-order valence-electron chi connectivity index (χ2n) is 20.3. The van der Waals surface area contributed by atoms with Crippen molar-refractivity contribution in [2.75, 3.05) is 16.9 Å². The van der Waals surface area contributed by atoms with Crippen LogP contribution in [-0.4, -0.2) is 15.1 Å². The van der Waals surface area contributed by atoms with Crippen LogP contribution < -0.4 is 22.6 Å². The summed E-state index contributed by atoms with van der Waals surface area (Å²) in [6.45, 7) is 18.0. The number of thiophene rings is 2. The monoisotopic (exact) mass is 1080 g/mol. The summed E-state index contributed by atoms with van der Waals surface area (Å²) < 4.78 is 9.21. The number of fused-ring (bicyclic) bond motifs is 14. The number of benzene rings is 8. The quantitative estimate of drug-likeness (QED) is 0.0623. The van der Waals surface area contributed by atoms with Gasteiger partial charge in [-0.1, -0.05) is 208 Å². The van der Waals surface area contributed by atoms with Crippen LogP contribution in [0, 0.1) is 0 Å². The van der Waals surface area contributed by atoms with Crippen LogP contribution in [-0.2, 0) is 0 Å². The predicted molar refractivity (Wildman–Crippen MR) is 356 cm³/mol. The van der Waals surface area contributed by atoms with Crippen LogP contribution >= 0.6 is 22.7 Å². The van der Waals surface area contributed by atoms with E-state index in [4.69, 9.17) is 17.3 Å². The van der Waals surface area contributed by atoms with Gasteiger partial charge in [0.2, 0.25) is 0 Å². The van der Waals surface area contributed by atoms with Gasteiger partial charge in [0.1, 0.15) is 5.82 Å². The number of rotatable bonds is 10. The Bertz CT molecular complexity index is 4560. The van der Waals surface area contributed by atoms with Gasteiger partial charge in [0, 0.05) is 84.6 Å². The summed E-state index contributed by atoms with van der Waals surface area (Å²) >= 11 is 3.70. The Morgan fingerprint density at radius 2 is 1.26 bits per heavy atom. The van der Waals surface area contributed by atoms with Gasteiger partial charge in [-0.05, 0) is 91.8 Å². The van der Waals surface area contributed by atoms with Crippen molar-refractivity contribution in [3.63, 3.8) is 0 Å². The maximum atomic E-state index is 6.91. The van der Waals surface area contributed by atoms with Gasteiger partial charge in [-0.25, -0.2) is 0 Å². The van der Waals surface area contributed by atoms with E-state index in [2.05, 4.69) is 200 Å². The molecule has 0 aliphatic heterocycles. The molecule has 0 saturated heterocycles. The minimum atomic E-state index is 0.171. The normalized spacial score (nSPS) is 12.7. The zero-order chi connectivity index (χ0) is 55.4. The van der Waals surface area contributed by atoms with Crippen molar-refractivity contribution in [1.29, 1.82) is 0 Å². The predicted octanol–water partition coefficient (Wildman–Crippen LogP) is 20.1. The average molecular weight is 1080 g/mol. The van der Waals surface area contributed by atoms with Crippen LogP contribution in [0.4, 0.5) is 11.5 Å². The number of nitrogens with zero attached hydrogens (tertiary/aromatic N) is 2. The molecule has 80 heavy (non-hydrogen) atoms. The first-order valence-corrected chi connectivity index (χ1v) is 29.1. The van der Waals surface area contributed by atoms with Crippen molar-refractivity contribution in [2.24, 2.45) is 5.73 Å². The number of allylic oxidation sites excluding steroid dienone is 9. The van der Waals surface area contributed by atoms with Crippen LogP contribution in [0.1, 0.15) is 52.0 Å². The third kappa shape index (κ3) is 9.82. The topological polar surface area (TPSA) is 99.4 Å². The van der Waals surface area contributed by atoms with Crippen LogP contribution in [0.3, 0.4) is 0 Å². The van der Waals surface area contributed by atoms with Gasteiger partial charge in [-0.15, -0.1) is 29.3 Å². The number of nitrogens with one attached hydrogen (secondary N) is 1. The Balaban J connectivity index is 0.000000137. The molecular formula is C72H66N6S2. The minimum Gasteiger partial charge on any atom is -0.399 e. The highest BCUT2D eigenvalue weighted by Gasteiger charge is 2.26. The molecule has 8 heteroatoms. The van der Waals surface area contributed by atoms with E-state index in [1.165, 1.54) is 97.2 Å². The van der Waals surface area contributed by atoms with E-state index < -0.39 is 0 Å². The molecule has 5 heterocycles. The van der Waals surface area contributed by atoms with Crippen molar-refractivity contribution >= 4 is 129 Å². The van der Waals surface area contributed by atoms with E-state index in [1.54, 1.807) is 16.0 Å². The fraction of sp³-hybridized carbons (Fsp3) is 0.111. The fourth-order valence-corrected chi connectivity index (χ4v) is 13.8. The number of hydrogen-bond donors (Lipinski definition) is 4. The van der Waals surface area contributed by atoms with E-state index in [-0.39, 0.29) is 6.04 Å². The zero-order valence-electron chi connectivity index (χ0n) is 45.7. The second-order valence-corrected chi connectivity index (χ2v) is 22.4. The highest BCUT2D eigenvalue weighted by Crippen LogP contribution is 2.51. The first-order valence-electron chi connectivity index (χ1n) is 27.4. The summed E-state index contributed by atoms with van der Waals surface area (Å²) in [5.41, 5.74) is 25.7. The molecule has 6 nitrogen and oxygen atoms in total. The Labute approximate surface area is 476 Å². The van der Waals surface area contributed by atoms with Gasteiger partial charge in [-0.2, -0.15) is 0 Å². The number of anilines is 2. The lowest BCUT2D eigenvalue weighted by atomic mass is 10.00. The summed E-state index contributed by atoms with van der Waals surface area (Å²) in [7, 11) is 0. The lowest BCUT2D eigenvalue weighted by Crippen LogP contribution is -2.18. The molecule has 13 aromatic rings. The molecule has 0 saturated carbocycles. The van der Waals surface area contributed by atoms with E-state index in [0.717, 1.165) is 62.7 Å². The molecule has 1 aliphatic carbocycles. The molecule has 1 aliphatic rings. The Morgan fingerprint density at radius 3 is 1.91 bits per heavy atom. The van der Waals surface area contributed by atoms with Gasteiger partial charge in [0.25, 0.3) is 0 Å². The van der Waals surface area contributed by atoms with Crippen molar-refractivity contribution in [1.82, 2.24) is 9.08 Å². The smallest absolute Gasteiger partial charge is 0.135 e. The van der Waals surface area contributed by atoms with Crippen LogP contribution in [0.2, 0.25) is 0 Å². The van der Waals surface area contributed by atoms with E-state index >= 15 is 0 Å². The SMILES string of the molecule is C1=CCCC=C1.C=C(C)/C=C\C=C/C.C=C(N)c1cc2c3cc(-c4ccccc4)ccc3sc2c2c3ccccc3n(N)c12.C=CC(CCC)Nc1c(N)c2cc3c4cccc(-c5ccccc5)c4sc3c3c4ccccc4n1c23. The molecule has 0 fully saturated rings. The first kappa shape index (κ1) is 52.9. The van der Waals surface area contributed by atoms with Crippen molar-refractivity contribution in [2.45, 2.75) is 52.5 Å². The Hall–Kier alpha value is -9.08. The third-order valence-corrected chi connectivity index (χ3v) is 17.4. The standard InChI is InChI=1S/C32H27N3S.C26H19N3S.C8H12.C6H8/c1-3-11-20(4-2)34-32-28(33)25-18-24-22-16-10-15-21(19-12-6-5-7-13-19)30(22)36-31(24)27-23-14-8-9-17-26(23)35(32)29(25)27;1-15(27)19-14-21-20-13-17(16-7-3-2-4-8-16)11-12-23(20)30-26(21)24-18-9-5-6-10-22(18)29(28)25(19)24;1-4-5-6-7-8(2)3;1-2-4-6-5-3-1/h4-10,12-18,20,34H,2-3,11,33H2,1H3;2-14H,1,27-28H2;4-7H,2H2,1,3H3;1-4H,5-6H2/b;;5-4-,7-6-;. The summed E-state index contributed by atoms with van der Waals surface area (Å²) in [5.74, 6) is 7.50. The highest BCUT2D eigenvalue weighted by molar-refractivity contribution is 7.27. The van der Waals surface area contributed by atoms with E-state index in [1.807, 2.05) is 73.8 Å². The Morgan fingerprint density at radius 1 is 0.637 bits per heavy atom. The molecule has 1 atom stereocenters. The van der Waals surface area contributed by atoms with Crippen molar-refractivity contribution in [3.8, 4) is 22.3 Å². The van der Waals surface area contributed by atoms with Gasteiger partial charge >= 0.3 is 0 Å². The molecule has 1 unspecified atom stereocenters. The van der Waals surface area contributed by atoms with Gasteiger partial charge in [0.15, 0.2) is 0 Å². The fourth-order valence-electron chi connectivity index (χ4n) is 11.2. The average Bonchev–Trinajstić information content (AvgIpc) is 4.48. The van der Waals surface area contributed by atoms with Crippen LogP contribution in [0.5, 0.6) is 0 Å². The third-order valence-electron chi connectivity index (χ3n) is 14.9. The largest absolute Gasteiger partial charge is 0.399 e. The molecule has 0 bridgehead atoms. The summed E-state index contributed by atoms with van der Waals surface area (Å²) in [6, 6.07) is 56.1. The molecule has 8 aromatic carbocycles. The van der Waals surface area contributed by atoms with Crippen LogP contribution in [0.25, 0.3) is 117 Å². The molecule has 0 spiro atoms. The second kappa shape index (κ2) is 23.1. The highest BCUT2D eigenvalue weighted by atomic mass is 32.1. The number of hydrogen-bond acceptors (Lipinski definition) is 6. The molecule has 5 aromatic heterocycles. The van der Waals surface area contributed by atoms with Crippen molar-refractivity contribution in [3.05, 3.63) is 243 Å². The molecular weight excluding hydrogens is 1010 g/mol. The van der Waals surface area contributed by atoms with E-state index in [9.17, 15) is 0 Å².